The van der Waals surface area contributed by atoms with Gasteiger partial charge in [0.2, 0.25) is 0 Å². The number of hydrazine groups is 1. The molecule has 0 fully saturated rings. The average molecular weight is 401 g/mol. The van der Waals surface area contributed by atoms with E-state index >= 15 is 0 Å². The molecule has 0 unspecified atom stereocenters. The number of fused-ring (bicyclic) bond motifs is 1. The average Bonchev–Trinajstić information content (AvgIpc) is 2.61. The first-order chi connectivity index (χ1) is 11.6. The number of hydrogen-bond donors (Lipinski definition) is 3. The number of halogens is 1. The van der Waals surface area contributed by atoms with Crippen LogP contribution in [0.25, 0.3) is 10.9 Å². The Morgan fingerprint density at radius 1 is 0.958 bits per heavy atom. The van der Waals surface area contributed by atoms with E-state index in [1.165, 1.54) is 0 Å². The summed E-state index contributed by atoms with van der Waals surface area (Å²) < 4.78 is 0.975. The van der Waals surface area contributed by atoms with Crippen molar-refractivity contribution in [1.82, 2.24) is 15.8 Å². The maximum atomic E-state index is 12.2. The first-order valence-electron chi connectivity index (χ1n) is 7.10. The number of benzene rings is 2. The van der Waals surface area contributed by atoms with E-state index in [1.54, 1.807) is 6.07 Å². The number of amides is 1. The highest BCUT2D eigenvalue weighted by Gasteiger charge is 2.08. The van der Waals surface area contributed by atoms with Crippen molar-refractivity contribution in [3.63, 3.8) is 0 Å². The smallest absolute Gasteiger partial charge is 0.288 e. The number of para-hydroxylation sites is 1. The lowest BCUT2D eigenvalue weighted by Crippen LogP contribution is -2.44. The number of aromatic nitrogens is 1. The van der Waals surface area contributed by atoms with E-state index in [0.29, 0.717) is 5.69 Å². The van der Waals surface area contributed by atoms with Crippen molar-refractivity contribution in [3.05, 3.63) is 70.8 Å². The first-order valence-corrected chi connectivity index (χ1v) is 8.31. The third-order valence-electron chi connectivity index (χ3n) is 3.22. The fourth-order valence-corrected chi connectivity index (χ4v) is 2.50. The van der Waals surface area contributed by atoms with Crippen LogP contribution in [0.5, 0.6) is 0 Å². The summed E-state index contributed by atoms with van der Waals surface area (Å²) in [7, 11) is 0. The second kappa shape index (κ2) is 7.37. The van der Waals surface area contributed by atoms with Crippen LogP contribution >= 0.6 is 28.1 Å². The molecular weight excluding hydrogens is 388 g/mol. The SMILES string of the molecule is O=C(NNC(=S)Nc1ccc(Br)cc1)c1ccc2ccccc2n1. The van der Waals surface area contributed by atoms with Crippen LogP contribution in [0.4, 0.5) is 5.69 Å². The van der Waals surface area contributed by atoms with Gasteiger partial charge in [0.25, 0.3) is 5.91 Å². The van der Waals surface area contributed by atoms with Gasteiger partial charge in [0.1, 0.15) is 5.69 Å². The van der Waals surface area contributed by atoms with E-state index in [1.807, 2.05) is 54.6 Å². The quantitative estimate of drug-likeness (QED) is 0.452. The van der Waals surface area contributed by atoms with Crippen molar-refractivity contribution in [2.75, 3.05) is 5.32 Å². The van der Waals surface area contributed by atoms with Crippen LogP contribution in [0.3, 0.4) is 0 Å². The van der Waals surface area contributed by atoms with Gasteiger partial charge in [0.15, 0.2) is 5.11 Å². The fraction of sp³-hybridized carbons (Fsp3) is 0. The van der Waals surface area contributed by atoms with Gasteiger partial charge in [-0.2, -0.15) is 0 Å². The molecule has 0 aliphatic carbocycles. The molecule has 5 nitrogen and oxygen atoms in total. The number of anilines is 1. The Kier molecular flexibility index (Phi) is 5.02. The Hall–Kier alpha value is -2.51. The minimum absolute atomic E-state index is 0.284. The maximum Gasteiger partial charge on any atom is 0.288 e. The van der Waals surface area contributed by atoms with Gasteiger partial charge in [-0.1, -0.05) is 40.2 Å². The Bertz CT molecular complexity index is 898. The zero-order chi connectivity index (χ0) is 16.9. The molecule has 3 N–H and O–H groups in total. The highest BCUT2D eigenvalue weighted by Crippen LogP contribution is 2.14. The first kappa shape index (κ1) is 16.4. The topological polar surface area (TPSA) is 66.1 Å². The summed E-state index contributed by atoms with van der Waals surface area (Å²) in [5, 5.41) is 4.23. The molecule has 3 rings (SSSR count). The van der Waals surface area contributed by atoms with Crippen molar-refractivity contribution < 1.29 is 4.79 Å². The monoisotopic (exact) mass is 400 g/mol. The number of nitrogens with one attached hydrogen (secondary N) is 3. The number of rotatable bonds is 2. The van der Waals surface area contributed by atoms with E-state index in [0.717, 1.165) is 21.1 Å². The molecule has 120 valence electrons. The standard InChI is InChI=1S/C17H13BrN4OS/c18-12-6-8-13(9-7-12)19-17(24)22-21-16(23)15-10-5-11-3-1-2-4-14(11)20-15/h1-10H,(H,21,23)(H2,19,22,24). The summed E-state index contributed by atoms with van der Waals surface area (Å²) in [6, 6.07) is 18.7. The molecule has 0 aliphatic heterocycles. The molecule has 0 bridgehead atoms. The van der Waals surface area contributed by atoms with E-state index in [2.05, 4.69) is 37.1 Å². The predicted octanol–water partition coefficient (Wildman–Crippen LogP) is 3.63. The molecule has 1 aromatic heterocycles. The summed E-state index contributed by atoms with van der Waals surface area (Å²) >= 11 is 8.51. The number of nitrogens with zero attached hydrogens (tertiary/aromatic N) is 1. The van der Waals surface area contributed by atoms with Crippen molar-refractivity contribution in [3.8, 4) is 0 Å². The van der Waals surface area contributed by atoms with Crippen LogP contribution in [-0.4, -0.2) is 16.0 Å². The molecule has 3 aromatic rings. The molecule has 0 aliphatic rings. The van der Waals surface area contributed by atoms with Crippen LogP contribution in [0.1, 0.15) is 10.5 Å². The summed E-state index contributed by atoms with van der Waals surface area (Å²) in [5.74, 6) is -0.360. The molecule has 0 saturated heterocycles. The number of hydrogen-bond acceptors (Lipinski definition) is 3. The van der Waals surface area contributed by atoms with Gasteiger partial charge in [-0.05, 0) is 48.6 Å². The zero-order valence-corrected chi connectivity index (χ0v) is 14.8. The summed E-state index contributed by atoms with van der Waals surface area (Å²) in [6.45, 7) is 0. The predicted molar refractivity (Wildman–Crippen MR) is 103 cm³/mol. The van der Waals surface area contributed by atoms with Gasteiger partial charge in [-0.15, -0.1) is 0 Å². The lowest BCUT2D eigenvalue weighted by Gasteiger charge is -2.11. The second-order valence-electron chi connectivity index (χ2n) is 4.93. The molecule has 1 amide bonds. The van der Waals surface area contributed by atoms with Crippen molar-refractivity contribution in [2.24, 2.45) is 0 Å². The van der Waals surface area contributed by atoms with Gasteiger partial charge in [-0.3, -0.25) is 15.6 Å². The van der Waals surface area contributed by atoms with Gasteiger partial charge in [-0.25, -0.2) is 4.98 Å². The Labute approximate surface area is 152 Å². The van der Waals surface area contributed by atoms with Crippen LogP contribution < -0.4 is 16.2 Å². The Balaban J connectivity index is 1.59. The summed E-state index contributed by atoms with van der Waals surface area (Å²) in [6.07, 6.45) is 0. The van der Waals surface area contributed by atoms with Crippen LogP contribution in [0, 0.1) is 0 Å². The summed E-state index contributed by atoms with van der Waals surface area (Å²) in [4.78, 5) is 16.5. The van der Waals surface area contributed by atoms with Gasteiger partial charge in [0, 0.05) is 15.5 Å². The molecule has 0 spiro atoms. The minimum atomic E-state index is -0.360. The summed E-state index contributed by atoms with van der Waals surface area (Å²) in [5.41, 5.74) is 7.08. The second-order valence-corrected chi connectivity index (χ2v) is 6.25. The Morgan fingerprint density at radius 2 is 1.71 bits per heavy atom. The van der Waals surface area contributed by atoms with E-state index in [4.69, 9.17) is 12.2 Å². The molecule has 7 heteroatoms. The maximum absolute atomic E-state index is 12.2. The number of carbonyl (C=O) groups excluding carboxylic acids is 1. The lowest BCUT2D eigenvalue weighted by molar-refractivity contribution is 0.0939. The van der Waals surface area contributed by atoms with Gasteiger partial charge in [0.05, 0.1) is 5.52 Å². The molecule has 2 aromatic carbocycles. The molecule has 0 radical (unpaired) electrons. The number of pyridine rings is 1. The third-order valence-corrected chi connectivity index (χ3v) is 3.96. The number of thiocarbonyl (C=S) groups is 1. The third kappa shape index (κ3) is 4.06. The van der Waals surface area contributed by atoms with E-state index in [-0.39, 0.29) is 11.0 Å². The van der Waals surface area contributed by atoms with E-state index in [9.17, 15) is 4.79 Å². The van der Waals surface area contributed by atoms with Crippen LogP contribution in [0.15, 0.2) is 65.1 Å². The van der Waals surface area contributed by atoms with Gasteiger partial charge < -0.3 is 5.32 Å². The molecule has 24 heavy (non-hydrogen) atoms. The minimum Gasteiger partial charge on any atom is -0.331 e. The van der Waals surface area contributed by atoms with Crippen molar-refractivity contribution >= 4 is 55.8 Å². The van der Waals surface area contributed by atoms with Gasteiger partial charge >= 0.3 is 0 Å². The zero-order valence-electron chi connectivity index (χ0n) is 12.4. The highest BCUT2D eigenvalue weighted by molar-refractivity contribution is 9.10. The molecule has 0 saturated carbocycles. The van der Waals surface area contributed by atoms with Crippen molar-refractivity contribution in [1.29, 1.82) is 0 Å². The Morgan fingerprint density at radius 3 is 2.50 bits per heavy atom. The largest absolute Gasteiger partial charge is 0.331 e. The molecule has 1 heterocycles. The molecule has 0 atom stereocenters. The lowest BCUT2D eigenvalue weighted by atomic mass is 10.2. The van der Waals surface area contributed by atoms with Crippen LogP contribution in [0.2, 0.25) is 0 Å². The van der Waals surface area contributed by atoms with Crippen LogP contribution in [-0.2, 0) is 0 Å². The highest BCUT2D eigenvalue weighted by atomic mass is 79.9. The number of carbonyl (C=O) groups is 1. The van der Waals surface area contributed by atoms with Crippen molar-refractivity contribution in [2.45, 2.75) is 0 Å². The fourth-order valence-electron chi connectivity index (χ4n) is 2.07. The van der Waals surface area contributed by atoms with E-state index < -0.39 is 0 Å². The normalized spacial score (nSPS) is 10.2. The molecular formula is C17H13BrN4OS.